The average molecular weight is 371 g/mol. The van der Waals surface area contributed by atoms with E-state index in [1.807, 2.05) is 54.7 Å². The number of carbonyl (C=O) groups is 1. The fourth-order valence-electron chi connectivity index (χ4n) is 3.60. The summed E-state index contributed by atoms with van der Waals surface area (Å²) >= 11 is 0. The van der Waals surface area contributed by atoms with Gasteiger partial charge in [0.2, 0.25) is 0 Å². The topological polar surface area (TPSA) is 83.4 Å². The van der Waals surface area contributed by atoms with Gasteiger partial charge in [-0.1, -0.05) is 36.4 Å². The highest BCUT2D eigenvalue weighted by atomic mass is 16.2. The summed E-state index contributed by atoms with van der Waals surface area (Å²) in [5, 5.41) is 0. The quantitative estimate of drug-likeness (QED) is 0.586. The molecule has 4 aromatic rings. The number of aromatic nitrogens is 4. The molecular formula is C21H17N5O2. The van der Waals surface area contributed by atoms with E-state index in [1.165, 1.54) is 0 Å². The van der Waals surface area contributed by atoms with E-state index < -0.39 is 0 Å². The van der Waals surface area contributed by atoms with Crippen LogP contribution in [0.25, 0.3) is 17.0 Å². The molecule has 7 heteroatoms. The zero-order chi connectivity index (χ0) is 19.1. The van der Waals surface area contributed by atoms with Gasteiger partial charge in [0, 0.05) is 23.9 Å². The van der Waals surface area contributed by atoms with E-state index >= 15 is 0 Å². The lowest BCUT2D eigenvalue weighted by Crippen LogP contribution is -2.39. The van der Waals surface area contributed by atoms with Gasteiger partial charge in [-0.2, -0.15) is 0 Å². The molecule has 5 rings (SSSR count). The molecule has 0 radical (unpaired) electrons. The molecule has 0 saturated heterocycles. The summed E-state index contributed by atoms with van der Waals surface area (Å²) < 4.78 is 1.78. The van der Waals surface area contributed by atoms with Crippen molar-refractivity contribution in [1.29, 1.82) is 0 Å². The van der Waals surface area contributed by atoms with Crippen molar-refractivity contribution in [2.24, 2.45) is 0 Å². The minimum Gasteiger partial charge on any atom is -0.331 e. The molecule has 0 bridgehead atoms. The largest absolute Gasteiger partial charge is 0.331 e. The van der Waals surface area contributed by atoms with Gasteiger partial charge in [-0.05, 0) is 18.6 Å². The zero-order valence-corrected chi connectivity index (χ0v) is 15.0. The molecule has 28 heavy (non-hydrogen) atoms. The highest BCUT2D eigenvalue weighted by Crippen LogP contribution is 2.20. The number of aromatic amines is 1. The van der Waals surface area contributed by atoms with Crippen molar-refractivity contribution in [2.45, 2.75) is 13.0 Å². The van der Waals surface area contributed by atoms with Crippen molar-refractivity contribution in [3.05, 3.63) is 88.2 Å². The van der Waals surface area contributed by atoms with Crippen molar-refractivity contribution in [3.8, 4) is 11.4 Å². The van der Waals surface area contributed by atoms with Crippen LogP contribution in [0.1, 0.15) is 21.7 Å². The molecule has 0 spiro atoms. The average Bonchev–Trinajstić information content (AvgIpc) is 3.17. The van der Waals surface area contributed by atoms with E-state index in [0.29, 0.717) is 42.3 Å². The summed E-state index contributed by atoms with van der Waals surface area (Å²) in [6.45, 7) is 0.777. The van der Waals surface area contributed by atoms with Crippen LogP contribution in [-0.4, -0.2) is 36.7 Å². The molecule has 1 amide bonds. The van der Waals surface area contributed by atoms with Crippen molar-refractivity contribution in [2.75, 3.05) is 6.54 Å². The number of nitrogens with one attached hydrogen (secondary N) is 1. The Kier molecular flexibility index (Phi) is 3.79. The maximum absolute atomic E-state index is 13.1. The van der Waals surface area contributed by atoms with E-state index in [9.17, 15) is 9.59 Å². The van der Waals surface area contributed by atoms with Crippen molar-refractivity contribution in [1.82, 2.24) is 24.3 Å². The van der Waals surface area contributed by atoms with Crippen LogP contribution in [0.4, 0.5) is 0 Å². The molecule has 1 N–H and O–H groups in total. The zero-order valence-electron chi connectivity index (χ0n) is 15.0. The predicted molar refractivity (Wildman–Crippen MR) is 104 cm³/mol. The number of hydrogen-bond acceptors (Lipinski definition) is 4. The van der Waals surface area contributed by atoms with Gasteiger partial charge in [0.05, 0.1) is 18.4 Å². The first kappa shape index (κ1) is 16.4. The fraction of sp³-hybridized carbons (Fsp3) is 0.143. The first-order valence-corrected chi connectivity index (χ1v) is 9.09. The molecule has 0 saturated carbocycles. The van der Waals surface area contributed by atoms with Crippen LogP contribution in [0.15, 0.2) is 65.7 Å². The Balaban J connectivity index is 1.50. The monoisotopic (exact) mass is 371 g/mol. The number of H-pyrrole nitrogens is 1. The Labute approximate surface area is 160 Å². The van der Waals surface area contributed by atoms with Crippen molar-refractivity contribution in [3.63, 3.8) is 0 Å². The maximum Gasteiger partial charge on any atom is 0.272 e. The van der Waals surface area contributed by atoms with Crippen LogP contribution in [-0.2, 0) is 13.0 Å². The summed E-state index contributed by atoms with van der Waals surface area (Å²) in [4.78, 5) is 39.1. The van der Waals surface area contributed by atoms with Gasteiger partial charge in [-0.3, -0.25) is 14.0 Å². The van der Waals surface area contributed by atoms with Gasteiger partial charge < -0.3 is 9.88 Å². The van der Waals surface area contributed by atoms with Crippen LogP contribution in [0, 0.1) is 0 Å². The first-order valence-electron chi connectivity index (χ1n) is 9.09. The van der Waals surface area contributed by atoms with Crippen LogP contribution in [0.5, 0.6) is 0 Å². The van der Waals surface area contributed by atoms with Crippen LogP contribution >= 0.6 is 0 Å². The van der Waals surface area contributed by atoms with Crippen LogP contribution < -0.4 is 5.56 Å². The van der Waals surface area contributed by atoms with Crippen molar-refractivity contribution >= 4 is 11.6 Å². The van der Waals surface area contributed by atoms with E-state index in [4.69, 9.17) is 0 Å². The van der Waals surface area contributed by atoms with E-state index in [-0.39, 0.29) is 11.5 Å². The number of carbonyl (C=O) groups excluding carboxylic acids is 1. The summed E-state index contributed by atoms with van der Waals surface area (Å²) in [5.41, 5.74) is 3.24. The number of rotatable bonds is 2. The van der Waals surface area contributed by atoms with Crippen LogP contribution in [0.3, 0.4) is 0 Å². The Morgan fingerprint density at radius 2 is 1.89 bits per heavy atom. The predicted octanol–water partition coefficient (Wildman–Crippen LogP) is 2.28. The maximum atomic E-state index is 13.1. The number of fused-ring (bicyclic) bond motifs is 2. The lowest BCUT2D eigenvalue weighted by molar-refractivity contribution is 0.0724. The van der Waals surface area contributed by atoms with Gasteiger partial charge >= 0.3 is 0 Å². The van der Waals surface area contributed by atoms with Gasteiger partial charge in [-0.25, -0.2) is 9.97 Å². The molecule has 0 aliphatic carbocycles. The molecule has 1 aliphatic heterocycles. The Hall–Kier alpha value is -3.74. The number of amides is 1. The lowest BCUT2D eigenvalue weighted by atomic mass is 10.1. The third-order valence-electron chi connectivity index (χ3n) is 5.04. The fourth-order valence-corrected chi connectivity index (χ4v) is 3.60. The van der Waals surface area contributed by atoms with E-state index in [1.54, 1.807) is 15.5 Å². The first-order chi connectivity index (χ1) is 13.7. The lowest BCUT2D eigenvalue weighted by Gasteiger charge is -2.27. The van der Waals surface area contributed by atoms with Gasteiger partial charge in [0.25, 0.3) is 11.5 Å². The molecule has 138 valence electrons. The van der Waals surface area contributed by atoms with E-state index in [2.05, 4.69) is 15.0 Å². The Morgan fingerprint density at radius 3 is 2.75 bits per heavy atom. The third kappa shape index (κ3) is 2.68. The molecular weight excluding hydrogens is 354 g/mol. The minimum absolute atomic E-state index is 0.118. The van der Waals surface area contributed by atoms with E-state index in [0.717, 1.165) is 11.2 Å². The molecule has 3 aromatic heterocycles. The molecule has 0 atom stereocenters. The van der Waals surface area contributed by atoms with Gasteiger partial charge in [0.15, 0.2) is 0 Å². The molecule has 1 aliphatic rings. The second-order valence-corrected chi connectivity index (χ2v) is 6.75. The summed E-state index contributed by atoms with van der Waals surface area (Å²) in [6, 6.07) is 15.1. The minimum atomic E-state index is -0.134. The normalized spacial score (nSPS) is 13.5. The third-order valence-corrected chi connectivity index (χ3v) is 5.04. The second-order valence-electron chi connectivity index (χ2n) is 6.75. The Bertz CT molecular complexity index is 1240. The number of nitrogens with zero attached hydrogens (tertiary/aromatic N) is 4. The highest BCUT2D eigenvalue weighted by Gasteiger charge is 2.27. The second kappa shape index (κ2) is 6.45. The summed E-state index contributed by atoms with van der Waals surface area (Å²) in [7, 11) is 0. The highest BCUT2D eigenvalue weighted by molar-refractivity contribution is 5.93. The summed E-state index contributed by atoms with van der Waals surface area (Å²) in [6.07, 6.45) is 3.90. The number of hydrogen-bond donors (Lipinski definition) is 1. The van der Waals surface area contributed by atoms with Gasteiger partial charge in [-0.15, -0.1) is 0 Å². The molecule has 7 nitrogen and oxygen atoms in total. The summed E-state index contributed by atoms with van der Waals surface area (Å²) in [5.74, 6) is 0.404. The smallest absolute Gasteiger partial charge is 0.272 e. The SMILES string of the molecule is O=C(c1cnc2ccccn12)N1CCc2c(nc(-c3ccccc3)[nH]c2=O)C1. The molecule has 4 heterocycles. The number of pyridine rings is 1. The number of benzene rings is 1. The van der Waals surface area contributed by atoms with Crippen molar-refractivity contribution < 1.29 is 4.79 Å². The number of imidazole rings is 1. The molecule has 0 fully saturated rings. The van der Waals surface area contributed by atoms with Gasteiger partial charge in [0.1, 0.15) is 17.2 Å². The molecule has 0 unspecified atom stereocenters. The van der Waals surface area contributed by atoms with Crippen LogP contribution in [0.2, 0.25) is 0 Å². The molecule has 1 aromatic carbocycles. The standard InChI is InChI=1S/C21H17N5O2/c27-20-15-9-11-25(21(28)17-12-22-18-8-4-5-10-26(17)18)13-16(15)23-19(24-20)14-6-2-1-3-7-14/h1-8,10,12H,9,11,13H2,(H,23,24,27). The Morgan fingerprint density at radius 1 is 1.07 bits per heavy atom.